The number of hydrogen-bond acceptors (Lipinski definition) is 4. The van der Waals surface area contributed by atoms with Crippen LogP contribution in [0.2, 0.25) is 0 Å². The van der Waals surface area contributed by atoms with Gasteiger partial charge >= 0.3 is 5.97 Å². The van der Waals surface area contributed by atoms with E-state index in [-0.39, 0.29) is 5.97 Å². The van der Waals surface area contributed by atoms with Crippen molar-refractivity contribution in [3.8, 4) is 0 Å². The number of hydrogen-bond donors (Lipinski definition) is 0. The first-order chi connectivity index (χ1) is 6.83. The van der Waals surface area contributed by atoms with E-state index < -0.39 is 0 Å². The van der Waals surface area contributed by atoms with Crippen LogP contribution in [0.1, 0.15) is 38.5 Å². The summed E-state index contributed by atoms with van der Waals surface area (Å²) in [6, 6.07) is 0. The molecule has 14 heavy (non-hydrogen) atoms. The second-order valence-corrected chi connectivity index (χ2v) is 6.29. The molecule has 1 rings (SSSR count). The molecule has 1 atom stereocenters. The Balaban J connectivity index is 1.94. The number of ether oxygens (including phenoxy) is 1. The lowest BCUT2D eigenvalue weighted by Gasteiger charge is -2.19. The molecule has 0 aromatic heterocycles. The van der Waals surface area contributed by atoms with Crippen LogP contribution in [0.5, 0.6) is 0 Å². The van der Waals surface area contributed by atoms with Crippen LogP contribution in [0.25, 0.3) is 0 Å². The molecule has 0 spiro atoms. The zero-order valence-electron chi connectivity index (χ0n) is 8.66. The van der Waals surface area contributed by atoms with Crippen molar-refractivity contribution in [2.75, 3.05) is 12.9 Å². The third-order valence-electron chi connectivity index (χ3n) is 2.34. The van der Waals surface area contributed by atoms with Crippen LogP contribution >= 0.6 is 21.6 Å². The highest BCUT2D eigenvalue weighted by atomic mass is 33.1. The van der Waals surface area contributed by atoms with Gasteiger partial charge in [0.25, 0.3) is 0 Å². The van der Waals surface area contributed by atoms with Gasteiger partial charge in [0.05, 0.1) is 7.11 Å². The Labute approximate surface area is 93.9 Å². The van der Waals surface area contributed by atoms with Gasteiger partial charge in [-0.15, -0.1) is 0 Å². The van der Waals surface area contributed by atoms with E-state index in [1.54, 1.807) is 0 Å². The second kappa shape index (κ2) is 7.46. The van der Waals surface area contributed by atoms with Crippen molar-refractivity contribution >= 4 is 27.6 Å². The third kappa shape index (κ3) is 5.15. The molecule has 82 valence electrons. The molecule has 0 saturated carbocycles. The van der Waals surface area contributed by atoms with Crippen molar-refractivity contribution < 1.29 is 9.53 Å². The molecule has 0 aromatic rings. The highest BCUT2D eigenvalue weighted by Gasteiger charge is 2.14. The van der Waals surface area contributed by atoms with E-state index in [9.17, 15) is 4.79 Å². The van der Waals surface area contributed by atoms with Crippen molar-refractivity contribution in [1.82, 2.24) is 0 Å². The summed E-state index contributed by atoms with van der Waals surface area (Å²) in [7, 11) is 5.48. The summed E-state index contributed by atoms with van der Waals surface area (Å²) < 4.78 is 4.59. The minimum atomic E-state index is -0.0735. The largest absolute Gasteiger partial charge is 0.469 e. The quantitative estimate of drug-likeness (QED) is 0.414. The van der Waals surface area contributed by atoms with Crippen LogP contribution in [-0.4, -0.2) is 24.1 Å². The number of carbonyl (C=O) groups excluding carboxylic acids is 1. The Kier molecular flexibility index (Phi) is 6.52. The molecule has 1 aliphatic heterocycles. The van der Waals surface area contributed by atoms with Gasteiger partial charge in [0, 0.05) is 17.4 Å². The van der Waals surface area contributed by atoms with Gasteiger partial charge in [-0.2, -0.15) is 0 Å². The average Bonchev–Trinajstić information content (AvgIpc) is 2.25. The van der Waals surface area contributed by atoms with Gasteiger partial charge in [0.2, 0.25) is 0 Å². The molecule has 0 unspecified atom stereocenters. The molecule has 1 fully saturated rings. The van der Waals surface area contributed by atoms with Crippen molar-refractivity contribution in [3.05, 3.63) is 0 Å². The number of rotatable bonds is 5. The van der Waals surface area contributed by atoms with Gasteiger partial charge in [0.15, 0.2) is 0 Å². The van der Waals surface area contributed by atoms with Crippen molar-refractivity contribution in [3.63, 3.8) is 0 Å². The van der Waals surface area contributed by atoms with Gasteiger partial charge < -0.3 is 4.74 Å². The molecule has 0 N–H and O–H groups in total. The third-order valence-corrected chi connectivity index (χ3v) is 5.40. The number of methoxy groups -OCH3 is 1. The Morgan fingerprint density at radius 1 is 1.50 bits per heavy atom. The van der Waals surface area contributed by atoms with Crippen LogP contribution in [0.3, 0.4) is 0 Å². The first-order valence-electron chi connectivity index (χ1n) is 5.18. The van der Waals surface area contributed by atoms with Crippen molar-refractivity contribution in [1.29, 1.82) is 0 Å². The summed E-state index contributed by atoms with van der Waals surface area (Å²) in [5.41, 5.74) is 0. The van der Waals surface area contributed by atoms with Crippen molar-refractivity contribution in [2.45, 2.75) is 43.8 Å². The zero-order valence-corrected chi connectivity index (χ0v) is 10.3. The van der Waals surface area contributed by atoms with Crippen LogP contribution in [0.15, 0.2) is 0 Å². The summed E-state index contributed by atoms with van der Waals surface area (Å²) in [4.78, 5) is 10.8. The average molecular weight is 234 g/mol. The summed E-state index contributed by atoms with van der Waals surface area (Å²) in [6.07, 6.45) is 6.70. The smallest absolute Gasteiger partial charge is 0.305 e. The van der Waals surface area contributed by atoms with Crippen LogP contribution < -0.4 is 0 Å². The lowest BCUT2D eigenvalue weighted by Crippen LogP contribution is -2.07. The summed E-state index contributed by atoms with van der Waals surface area (Å²) in [5.74, 6) is 1.24. The van der Waals surface area contributed by atoms with Crippen LogP contribution in [0, 0.1) is 0 Å². The highest BCUT2D eigenvalue weighted by Crippen LogP contribution is 2.37. The molecule has 1 heterocycles. The van der Waals surface area contributed by atoms with E-state index >= 15 is 0 Å². The molecule has 0 aromatic carbocycles. The Hall–Kier alpha value is 0.170. The normalized spacial score (nSPS) is 21.9. The molecular formula is C10H18O2S2. The predicted molar refractivity (Wildman–Crippen MR) is 63.6 cm³/mol. The van der Waals surface area contributed by atoms with Gasteiger partial charge in [-0.25, -0.2) is 0 Å². The molecule has 0 amide bonds. The summed E-state index contributed by atoms with van der Waals surface area (Å²) >= 11 is 0. The Morgan fingerprint density at radius 2 is 2.36 bits per heavy atom. The molecular weight excluding hydrogens is 216 g/mol. The van der Waals surface area contributed by atoms with Crippen LogP contribution in [-0.2, 0) is 9.53 Å². The van der Waals surface area contributed by atoms with Crippen LogP contribution in [0.4, 0.5) is 0 Å². The topological polar surface area (TPSA) is 26.3 Å². The maximum Gasteiger partial charge on any atom is 0.305 e. The molecule has 1 saturated heterocycles. The highest BCUT2D eigenvalue weighted by molar-refractivity contribution is 8.77. The Morgan fingerprint density at radius 3 is 3.00 bits per heavy atom. The fraction of sp³-hybridized carbons (Fsp3) is 0.900. The van der Waals surface area contributed by atoms with E-state index in [0.717, 1.165) is 18.1 Å². The minimum absolute atomic E-state index is 0.0735. The van der Waals surface area contributed by atoms with Gasteiger partial charge in [-0.3, -0.25) is 4.79 Å². The van der Waals surface area contributed by atoms with Gasteiger partial charge in [-0.05, 0) is 25.7 Å². The number of esters is 1. The number of carbonyl (C=O) groups is 1. The maximum absolute atomic E-state index is 10.8. The first kappa shape index (κ1) is 12.2. The summed E-state index contributed by atoms with van der Waals surface area (Å²) in [5, 5.41) is 0.825. The van der Waals surface area contributed by atoms with E-state index in [1.807, 2.05) is 21.6 Å². The fourth-order valence-electron chi connectivity index (χ4n) is 1.50. The SMILES string of the molecule is COC(=O)CCCC[C@@H]1CCCSS1. The second-order valence-electron chi connectivity index (χ2n) is 3.50. The maximum atomic E-state index is 10.8. The lowest BCUT2D eigenvalue weighted by molar-refractivity contribution is -0.140. The molecule has 0 radical (unpaired) electrons. The summed E-state index contributed by atoms with van der Waals surface area (Å²) in [6.45, 7) is 0. The van der Waals surface area contributed by atoms with E-state index in [1.165, 1.54) is 32.1 Å². The molecule has 0 aliphatic carbocycles. The Bertz CT molecular complexity index is 168. The molecule has 2 nitrogen and oxygen atoms in total. The molecule has 0 bridgehead atoms. The van der Waals surface area contributed by atoms with Crippen molar-refractivity contribution in [2.24, 2.45) is 0 Å². The van der Waals surface area contributed by atoms with Gasteiger partial charge in [0.1, 0.15) is 0 Å². The monoisotopic (exact) mass is 234 g/mol. The van der Waals surface area contributed by atoms with E-state index in [0.29, 0.717) is 6.42 Å². The standard InChI is InChI=1S/C10H18O2S2/c1-12-10(11)7-3-2-5-9-6-4-8-13-14-9/h9H,2-8H2,1H3/t9-/m1/s1. The molecule has 4 heteroatoms. The minimum Gasteiger partial charge on any atom is -0.469 e. The zero-order chi connectivity index (χ0) is 10.2. The predicted octanol–water partition coefficient (Wildman–Crippen LogP) is 3.26. The first-order valence-corrected chi connectivity index (χ1v) is 7.56. The lowest BCUT2D eigenvalue weighted by atomic mass is 10.1. The van der Waals surface area contributed by atoms with E-state index in [4.69, 9.17) is 0 Å². The van der Waals surface area contributed by atoms with E-state index in [2.05, 4.69) is 4.74 Å². The van der Waals surface area contributed by atoms with Gasteiger partial charge in [-0.1, -0.05) is 28.0 Å². The number of unbranched alkanes of at least 4 members (excludes halogenated alkanes) is 1. The fourth-order valence-corrected chi connectivity index (χ4v) is 4.39. The molecule has 1 aliphatic rings.